The highest BCUT2D eigenvalue weighted by atomic mass is 35.5. The van der Waals surface area contributed by atoms with E-state index in [-0.39, 0.29) is 17.3 Å². The molecule has 0 unspecified atom stereocenters. The third kappa shape index (κ3) is 4.94. The van der Waals surface area contributed by atoms with E-state index in [9.17, 15) is 13.2 Å². The van der Waals surface area contributed by atoms with Crippen LogP contribution in [0.4, 0.5) is 11.4 Å². The third-order valence-corrected chi connectivity index (χ3v) is 5.58. The van der Waals surface area contributed by atoms with Crippen LogP contribution in [0.1, 0.15) is 5.56 Å². The molecule has 8 heteroatoms. The van der Waals surface area contributed by atoms with Crippen molar-refractivity contribution in [2.45, 2.75) is 11.8 Å². The molecule has 2 rings (SSSR count). The quantitative estimate of drug-likeness (QED) is 0.806. The lowest BCUT2D eigenvalue weighted by Crippen LogP contribution is -2.24. The Bertz CT molecular complexity index is 882. The van der Waals surface area contributed by atoms with Gasteiger partial charge in [-0.2, -0.15) is 0 Å². The number of carbonyl (C=O) groups is 1. The van der Waals surface area contributed by atoms with Crippen LogP contribution in [0.15, 0.2) is 47.4 Å². The van der Waals surface area contributed by atoms with Gasteiger partial charge in [-0.1, -0.05) is 23.7 Å². The molecular weight excluding hydrogens is 362 g/mol. The van der Waals surface area contributed by atoms with Crippen molar-refractivity contribution >= 4 is 38.9 Å². The van der Waals surface area contributed by atoms with E-state index in [0.717, 1.165) is 15.6 Å². The highest BCUT2D eigenvalue weighted by Gasteiger charge is 2.17. The summed E-state index contributed by atoms with van der Waals surface area (Å²) >= 11 is 5.95. The molecule has 134 valence electrons. The normalized spacial score (nSPS) is 11.4. The Labute approximate surface area is 152 Å². The van der Waals surface area contributed by atoms with E-state index in [1.54, 1.807) is 24.3 Å². The van der Waals surface area contributed by atoms with Gasteiger partial charge in [-0.05, 0) is 42.8 Å². The fourth-order valence-corrected chi connectivity index (χ4v) is 3.23. The second-order valence-electron chi connectivity index (χ2n) is 5.68. The van der Waals surface area contributed by atoms with Crippen LogP contribution in [0, 0.1) is 6.92 Å². The number of hydrogen-bond donors (Lipinski definition) is 2. The van der Waals surface area contributed by atoms with Crippen LogP contribution >= 0.6 is 11.6 Å². The zero-order valence-corrected chi connectivity index (χ0v) is 15.8. The fourth-order valence-electron chi connectivity index (χ4n) is 2.11. The molecule has 0 aromatic heterocycles. The highest BCUT2D eigenvalue weighted by molar-refractivity contribution is 7.89. The number of carbonyl (C=O) groups excluding carboxylic acids is 1. The van der Waals surface area contributed by atoms with Crippen molar-refractivity contribution in [3.05, 3.63) is 53.1 Å². The molecule has 0 atom stereocenters. The molecule has 0 spiro atoms. The van der Waals surface area contributed by atoms with E-state index >= 15 is 0 Å². The van der Waals surface area contributed by atoms with Crippen molar-refractivity contribution in [1.29, 1.82) is 0 Å². The van der Waals surface area contributed by atoms with Crippen molar-refractivity contribution in [1.82, 2.24) is 4.31 Å². The van der Waals surface area contributed by atoms with Crippen molar-refractivity contribution in [3.8, 4) is 0 Å². The fraction of sp³-hybridized carbons (Fsp3) is 0.235. The van der Waals surface area contributed by atoms with Gasteiger partial charge in [-0.15, -0.1) is 0 Å². The number of rotatable bonds is 6. The van der Waals surface area contributed by atoms with E-state index in [1.807, 2.05) is 13.0 Å². The number of amides is 1. The van der Waals surface area contributed by atoms with E-state index < -0.39 is 10.0 Å². The number of benzene rings is 2. The van der Waals surface area contributed by atoms with Gasteiger partial charge in [0.1, 0.15) is 0 Å². The zero-order chi connectivity index (χ0) is 18.6. The molecule has 25 heavy (non-hydrogen) atoms. The molecule has 0 radical (unpaired) electrons. The van der Waals surface area contributed by atoms with Crippen LogP contribution in [-0.4, -0.2) is 39.3 Å². The predicted octanol–water partition coefficient (Wildman–Crippen LogP) is 2.95. The van der Waals surface area contributed by atoms with E-state index in [1.165, 1.54) is 26.2 Å². The predicted molar refractivity (Wildman–Crippen MR) is 101 cm³/mol. The summed E-state index contributed by atoms with van der Waals surface area (Å²) in [6.45, 7) is 1.94. The van der Waals surface area contributed by atoms with Gasteiger partial charge < -0.3 is 10.6 Å². The molecule has 2 aromatic rings. The van der Waals surface area contributed by atoms with Gasteiger partial charge in [0.2, 0.25) is 15.9 Å². The van der Waals surface area contributed by atoms with Gasteiger partial charge in [-0.3, -0.25) is 4.79 Å². The minimum Gasteiger partial charge on any atom is -0.376 e. The minimum absolute atomic E-state index is 0.0336. The zero-order valence-electron chi connectivity index (χ0n) is 14.2. The topological polar surface area (TPSA) is 78.5 Å². The first-order valence-corrected chi connectivity index (χ1v) is 9.34. The summed E-state index contributed by atoms with van der Waals surface area (Å²) in [5.74, 6) is -0.293. The number of sulfonamides is 1. The van der Waals surface area contributed by atoms with Crippen LogP contribution in [0.3, 0.4) is 0 Å². The molecule has 6 nitrogen and oxygen atoms in total. The summed E-state index contributed by atoms with van der Waals surface area (Å²) in [5, 5.41) is 6.27. The van der Waals surface area contributed by atoms with Gasteiger partial charge in [-0.25, -0.2) is 12.7 Å². The maximum atomic E-state index is 12.1. The molecule has 0 saturated carbocycles. The molecule has 0 bridgehead atoms. The molecule has 0 aliphatic carbocycles. The van der Waals surface area contributed by atoms with Crippen LogP contribution < -0.4 is 10.6 Å². The molecule has 0 aliphatic heterocycles. The maximum absolute atomic E-state index is 12.1. The second-order valence-corrected chi connectivity index (χ2v) is 8.26. The van der Waals surface area contributed by atoms with Gasteiger partial charge in [0.15, 0.2) is 0 Å². The number of anilines is 2. The average molecular weight is 382 g/mol. The van der Waals surface area contributed by atoms with Gasteiger partial charge >= 0.3 is 0 Å². The van der Waals surface area contributed by atoms with Gasteiger partial charge in [0.25, 0.3) is 0 Å². The Kier molecular flexibility index (Phi) is 6.05. The smallest absolute Gasteiger partial charge is 0.243 e. The molecular formula is C17H20ClN3O3S. The number of aryl methyl sites for hydroxylation is 1. The molecule has 0 aliphatic rings. The number of hydrogen-bond acceptors (Lipinski definition) is 4. The van der Waals surface area contributed by atoms with Gasteiger partial charge in [0.05, 0.1) is 11.4 Å². The standard InChI is InChI=1S/C17H20ClN3O3S/c1-12-7-8-13(18)9-16(12)19-11-17(22)20-14-5-4-6-15(10-14)25(23,24)21(2)3/h4-10,19H,11H2,1-3H3,(H,20,22). The SMILES string of the molecule is Cc1ccc(Cl)cc1NCC(=O)Nc1cccc(S(=O)(=O)N(C)C)c1. The minimum atomic E-state index is -3.55. The molecule has 0 saturated heterocycles. The second kappa shape index (κ2) is 7.86. The van der Waals surface area contributed by atoms with E-state index in [4.69, 9.17) is 11.6 Å². The maximum Gasteiger partial charge on any atom is 0.243 e. The lowest BCUT2D eigenvalue weighted by Gasteiger charge is -2.13. The Morgan fingerprint density at radius 2 is 1.88 bits per heavy atom. The van der Waals surface area contributed by atoms with Crippen molar-refractivity contribution < 1.29 is 13.2 Å². The van der Waals surface area contributed by atoms with E-state index in [0.29, 0.717) is 10.7 Å². The van der Waals surface area contributed by atoms with Gasteiger partial charge in [0, 0.05) is 30.5 Å². The number of nitrogens with zero attached hydrogens (tertiary/aromatic N) is 1. The molecule has 2 aromatic carbocycles. The first kappa shape index (κ1) is 19.2. The largest absolute Gasteiger partial charge is 0.376 e. The van der Waals surface area contributed by atoms with Crippen molar-refractivity contribution in [2.24, 2.45) is 0 Å². The molecule has 0 heterocycles. The first-order chi connectivity index (χ1) is 11.7. The van der Waals surface area contributed by atoms with Crippen LogP contribution in [0.2, 0.25) is 5.02 Å². The molecule has 0 fully saturated rings. The van der Waals surface area contributed by atoms with Crippen LogP contribution in [0.25, 0.3) is 0 Å². The lowest BCUT2D eigenvalue weighted by molar-refractivity contribution is -0.114. The molecule has 1 amide bonds. The highest BCUT2D eigenvalue weighted by Crippen LogP contribution is 2.20. The summed E-state index contributed by atoms with van der Waals surface area (Å²) < 4.78 is 25.4. The number of halogens is 1. The summed E-state index contributed by atoms with van der Waals surface area (Å²) in [7, 11) is -0.637. The summed E-state index contributed by atoms with van der Waals surface area (Å²) in [5.41, 5.74) is 2.15. The molecule has 2 N–H and O–H groups in total. The average Bonchev–Trinajstić information content (AvgIpc) is 2.55. The van der Waals surface area contributed by atoms with Crippen LogP contribution in [0.5, 0.6) is 0 Å². The first-order valence-electron chi connectivity index (χ1n) is 7.52. The Balaban J connectivity index is 2.05. The third-order valence-electron chi connectivity index (χ3n) is 3.54. The van der Waals surface area contributed by atoms with Crippen molar-refractivity contribution in [2.75, 3.05) is 31.3 Å². The van der Waals surface area contributed by atoms with Crippen molar-refractivity contribution in [3.63, 3.8) is 0 Å². The number of nitrogens with one attached hydrogen (secondary N) is 2. The summed E-state index contributed by atoms with van der Waals surface area (Å²) in [6.07, 6.45) is 0. The summed E-state index contributed by atoms with van der Waals surface area (Å²) in [4.78, 5) is 12.2. The Hall–Kier alpha value is -2.09. The van der Waals surface area contributed by atoms with E-state index in [2.05, 4.69) is 10.6 Å². The summed E-state index contributed by atoms with van der Waals surface area (Å²) in [6, 6.07) is 11.5. The monoisotopic (exact) mass is 381 g/mol. The lowest BCUT2D eigenvalue weighted by atomic mass is 10.2. The van der Waals surface area contributed by atoms with Crippen LogP contribution in [-0.2, 0) is 14.8 Å². The Morgan fingerprint density at radius 3 is 2.56 bits per heavy atom. The Morgan fingerprint density at radius 1 is 1.16 bits per heavy atom.